The molecule has 1 heterocycles. The molecule has 0 radical (unpaired) electrons. The van der Waals surface area contributed by atoms with Crippen LogP contribution in [0.3, 0.4) is 0 Å². The molecule has 0 spiro atoms. The highest BCUT2D eigenvalue weighted by molar-refractivity contribution is 9.10. The fraction of sp³-hybridized carbons (Fsp3) is 0.0769. The van der Waals surface area contributed by atoms with Gasteiger partial charge in [-0.2, -0.15) is 4.57 Å². The molecule has 0 atom stereocenters. The fourth-order valence-corrected chi connectivity index (χ4v) is 1.79. The lowest BCUT2D eigenvalue weighted by Crippen LogP contribution is -2.37. The Labute approximate surface area is 125 Å². The lowest BCUT2D eigenvalue weighted by atomic mass is 10.1. The summed E-state index contributed by atoms with van der Waals surface area (Å²) in [5, 5.41) is 14.0. The van der Waals surface area contributed by atoms with Crippen LogP contribution in [0.5, 0.6) is 0 Å². The molecular formula is C13H12Br2N2O. The molecule has 2 aromatic rings. The minimum absolute atomic E-state index is 0. The molecule has 0 saturated heterocycles. The minimum atomic E-state index is 0. The Hall–Kier alpha value is -1.20. The predicted molar refractivity (Wildman–Crippen MR) is 81.0 cm³/mol. The van der Waals surface area contributed by atoms with Gasteiger partial charge in [-0.15, -0.1) is 17.0 Å². The maximum atomic E-state index is 10.9. The molecule has 0 amide bonds. The van der Waals surface area contributed by atoms with Crippen molar-refractivity contribution < 1.29 is 4.57 Å². The van der Waals surface area contributed by atoms with Crippen molar-refractivity contribution in [2.75, 3.05) is 0 Å². The lowest BCUT2D eigenvalue weighted by molar-refractivity contribution is -0.681. The number of pyridine rings is 1. The van der Waals surface area contributed by atoms with Crippen molar-refractivity contribution in [2.24, 2.45) is 5.16 Å². The Kier molecular flexibility index (Phi) is 6.01. The maximum Gasteiger partial charge on any atom is 0.190 e. The highest BCUT2D eigenvalue weighted by Gasteiger charge is 2.07. The zero-order valence-corrected chi connectivity index (χ0v) is 12.8. The Bertz CT molecular complexity index is 512. The monoisotopic (exact) mass is 370 g/mol. The Morgan fingerprint density at radius 1 is 1.11 bits per heavy atom. The van der Waals surface area contributed by atoms with E-state index in [0.717, 1.165) is 10.0 Å². The number of aromatic nitrogens is 1. The van der Waals surface area contributed by atoms with Gasteiger partial charge in [0, 0.05) is 22.2 Å². The molecule has 0 aliphatic carbocycles. The van der Waals surface area contributed by atoms with Gasteiger partial charge in [0.15, 0.2) is 18.9 Å². The molecule has 5 heteroatoms. The molecule has 0 unspecified atom stereocenters. The predicted octanol–water partition coefficient (Wildman–Crippen LogP) is 3.30. The molecule has 0 aliphatic rings. The summed E-state index contributed by atoms with van der Waals surface area (Å²) in [6, 6.07) is 13.3. The van der Waals surface area contributed by atoms with E-state index in [9.17, 15) is 5.21 Å². The molecule has 0 bridgehead atoms. The lowest BCUT2D eigenvalue weighted by Gasteiger charge is -2.06. The third-order valence-electron chi connectivity index (χ3n) is 2.40. The van der Waals surface area contributed by atoms with Crippen molar-refractivity contribution in [3.05, 3.63) is 70.1 Å². The summed E-state index contributed by atoms with van der Waals surface area (Å²) in [4.78, 5) is 0. The van der Waals surface area contributed by atoms with Crippen molar-refractivity contribution in [3.8, 4) is 0 Å². The standard InChI is InChI=1S/C13H11BrN2O.BrH/c14-12-6-4-11(5-7-12)13(15-17)10-16-8-2-1-3-9-16;/h1-9H,10H2;1H/b15-13+;. The Morgan fingerprint density at radius 3 is 2.28 bits per heavy atom. The van der Waals surface area contributed by atoms with Crippen LogP contribution >= 0.6 is 32.9 Å². The van der Waals surface area contributed by atoms with Crippen LogP contribution < -0.4 is 4.57 Å². The fourth-order valence-electron chi connectivity index (χ4n) is 1.53. The molecule has 18 heavy (non-hydrogen) atoms. The third kappa shape index (κ3) is 3.92. The summed E-state index contributed by atoms with van der Waals surface area (Å²) in [5.41, 5.74) is 1.37. The Morgan fingerprint density at radius 2 is 1.72 bits per heavy atom. The van der Waals surface area contributed by atoms with E-state index >= 15 is 0 Å². The van der Waals surface area contributed by atoms with Crippen molar-refractivity contribution >= 4 is 38.6 Å². The van der Waals surface area contributed by atoms with E-state index in [1.165, 1.54) is 0 Å². The third-order valence-corrected chi connectivity index (χ3v) is 2.93. The summed E-state index contributed by atoms with van der Waals surface area (Å²) < 4.78 is 2.90. The summed E-state index contributed by atoms with van der Waals surface area (Å²) >= 11 is 3.36. The van der Waals surface area contributed by atoms with E-state index < -0.39 is 0 Å². The molecule has 94 valence electrons. The SMILES string of the molecule is Br.[O-]/N=C(\C[n+]1ccccc1)c1ccc(Br)cc1. The second-order valence-corrected chi connectivity index (χ2v) is 4.51. The van der Waals surface area contributed by atoms with E-state index in [1.807, 2.05) is 59.4 Å². The zero-order chi connectivity index (χ0) is 12.1. The van der Waals surface area contributed by atoms with Crippen LogP contribution in [0.15, 0.2) is 64.5 Å². The number of halogens is 2. The first-order chi connectivity index (χ1) is 8.29. The second-order valence-electron chi connectivity index (χ2n) is 3.59. The average Bonchev–Trinajstić information content (AvgIpc) is 2.38. The van der Waals surface area contributed by atoms with Crippen LogP contribution in [0, 0.1) is 5.21 Å². The number of benzene rings is 1. The molecule has 2 rings (SSSR count). The summed E-state index contributed by atoms with van der Waals surface area (Å²) in [7, 11) is 0. The van der Waals surface area contributed by atoms with Gasteiger partial charge in [-0.3, -0.25) is 0 Å². The Balaban J connectivity index is 0.00000162. The smallest absolute Gasteiger partial charge is 0.190 e. The highest BCUT2D eigenvalue weighted by Crippen LogP contribution is 2.11. The summed E-state index contributed by atoms with van der Waals surface area (Å²) in [6.07, 6.45) is 3.81. The van der Waals surface area contributed by atoms with E-state index in [0.29, 0.717) is 12.3 Å². The van der Waals surface area contributed by atoms with Gasteiger partial charge in [-0.25, -0.2) is 0 Å². The number of rotatable bonds is 3. The minimum Gasteiger partial charge on any atom is -0.792 e. The van der Waals surface area contributed by atoms with Gasteiger partial charge in [-0.1, -0.05) is 34.1 Å². The van der Waals surface area contributed by atoms with Crippen LogP contribution in [0.2, 0.25) is 0 Å². The van der Waals surface area contributed by atoms with Crippen molar-refractivity contribution in [2.45, 2.75) is 6.54 Å². The van der Waals surface area contributed by atoms with Crippen molar-refractivity contribution in [1.29, 1.82) is 0 Å². The van der Waals surface area contributed by atoms with Gasteiger partial charge in [0.1, 0.15) is 5.71 Å². The first-order valence-corrected chi connectivity index (χ1v) is 5.98. The quantitative estimate of drug-likeness (QED) is 0.463. The first kappa shape index (κ1) is 14.9. The van der Waals surface area contributed by atoms with Crippen LogP contribution in [-0.2, 0) is 6.54 Å². The van der Waals surface area contributed by atoms with Crippen LogP contribution in [-0.4, -0.2) is 5.71 Å². The second kappa shape index (κ2) is 7.28. The van der Waals surface area contributed by atoms with E-state index in [-0.39, 0.29) is 17.0 Å². The molecule has 0 N–H and O–H groups in total. The maximum absolute atomic E-state index is 10.9. The average molecular weight is 372 g/mol. The van der Waals surface area contributed by atoms with Crippen LogP contribution in [0.4, 0.5) is 0 Å². The normalized spacial score (nSPS) is 10.8. The van der Waals surface area contributed by atoms with Gasteiger partial charge in [0.25, 0.3) is 0 Å². The number of hydrogen-bond acceptors (Lipinski definition) is 2. The van der Waals surface area contributed by atoms with E-state index in [1.54, 1.807) is 0 Å². The van der Waals surface area contributed by atoms with Crippen molar-refractivity contribution in [3.63, 3.8) is 0 Å². The van der Waals surface area contributed by atoms with E-state index in [4.69, 9.17) is 0 Å². The zero-order valence-electron chi connectivity index (χ0n) is 9.49. The molecule has 0 aliphatic heterocycles. The van der Waals surface area contributed by atoms with Gasteiger partial charge in [-0.05, 0) is 12.1 Å². The summed E-state index contributed by atoms with van der Waals surface area (Å²) in [6.45, 7) is 0.478. The van der Waals surface area contributed by atoms with Crippen LogP contribution in [0.25, 0.3) is 0 Å². The molecule has 1 aromatic carbocycles. The van der Waals surface area contributed by atoms with Crippen LogP contribution in [0.1, 0.15) is 5.56 Å². The number of hydrogen-bond donors (Lipinski definition) is 0. The molecule has 0 fully saturated rings. The first-order valence-electron chi connectivity index (χ1n) is 5.19. The van der Waals surface area contributed by atoms with Gasteiger partial charge >= 0.3 is 0 Å². The molecular weight excluding hydrogens is 360 g/mol. The topological polar surface area (TPSA) is 39.3 Å². The highest BCUT2D eigenvalue weighted by atomic mass is 79.9. The molecule has 1 aromatic heterocycles. The molecule has 0 saturated carbocycles. The van der Waals surface area contributed by atoms with Crippen molar-refractivity contribution in [1.82, 2.24) is 0 Å². The largest absolute Gasteiger partial charge is 0.792 e. The van der Waals surface area contributed by atoms with Gasteiger partial charge in [0.05, 0.1) is 0 Å². The van der Waals surface area contributed by atoms with E-state index in [2.05, 4.69) is 21.1 Å². The summed E-state index contributed by atoms with van der Waals surface area (Å²) in [5.74, 6) is 0. The van der Waals surface area contributed by atoms with Gasteiger partial charge < -0.3 is 10.4 Å². The molecule has 3 nitrogen and oxygen atoms in total. The number of nitrogens with zero attached hydrogens (tertiary/aromatic N) is 2. The van der Waals surface area contributed by atoms with Gasteiger partial charge in [0.2, 0.25) is 0 Å².